The van der Waals surface area contributed by atoms with Crippen LogP contribution in [0.3, 0.4) is 0 Å². The van der Waals surface area contributed by atoms with E-state index in [9.17, 15) is 14.4 Å². The molecule has 1 unspecified atom stereocenters. The molecule has 8 heteroatoms. The maximum Gasteiger partial charge on any atom is 0.255 e. The minimum atomic E-state index is -0.621. The normalized spacial score (nSPS) is 19.6. The molecular weight excluding hydrogens is 322 g/mol. The van der Waals surface area contributed by atoms with E-state index >= 15 is 0 Å². The van der Waals surface area contributed by atoms with Crippen LogP contribution < -0.4 is 10.6 Å². The maximum absolute atomic E-state index is 12.7. The Morgan fingerprint density at radius 3 is 2.84 bits per heavy atom. The molecule has 3 heterocycles. The van der Waals surface area contributed by atoms with E-state index in [0.29, 0.717) is 24.3 Å². The number of fused-ring (bicyclic) bond motifs is 1. The van der Waals surface area contributed by atoms with Gasteiger partial charge in [-0.25, -0.2) is 9.97 Å². The Balaban J connectivity index is 1.62. The molecular formula is C17H15N5O3. The molecule has 0 bridgehead atoms. The summed E-state index contributed by atoms with van der Waals surface area (Å²) in [6.45, 7) is 0.314. The van der Waals surface area contributed by atoms with Crippen LogP contribution in [0.15, 0.2) is 36.8 Å². The highest BCUT2D eigenvalue weighted by Gasteiger charge is 2.39. The van der Waals surface area contributed by atoms with Gasteiger partial charge in [-0.3, -0.25) is 19.7 Å². The molecule has 1 saturated heterocycles. The van der Waals surface area contributed by atoms with Crippen LogP contribution >= 0.6 is 0 Å². The van der Waals surface area contributed by atoms with Gasteiger partial charge in [0.15, 0.2) is 0 Å². The standard InChI is InChI=1S/C17H15N5O3/c23-15-5-4-13(16(24)21-15)22-8-11-10(17(22)25)2-1-3-12(11)20-14-6-7-18-9-19-14/h1-3,6-7,9,13H,4-5,8H2,(H,18,19,20)(H,21,23,24). The van der Waals surface area contributed by atoms with Crippen molar-refractivity contribution in [2.24, 2.45) is 0 Å². The van der Waals surface area contributed by atoms with E-state index in [4.69, 9.17) is 0 Å². The summed E-state index contributed by atoms with van der Waals surface area (Å²) in [5, 5.41) is 5.49. The molecule has 8 nitrogen and oxygen atoms in total. The van der Waals surface area contributed by atoms with Gasteiger partial charge in [0.1, 0.15) is 18.2 Å². The number of imide groups is 1. The van der Waals surface area contributed by atoms with Gasteiger partial charge in [0, 0.05) is 36.0 Å². The van der Waals surface area contributed by atoms with E-state index in [1.807, 2.05) is 6.07 Å². The summed E-state index contributed by atoms with van der Waals surface area (Å²) in [5.74, 6) is -0.287. The lowest BCUT2D eigenvalue weighted by Crippen LogP contribution is -2.52. The second-order valence-electron chi connectivity index (χ2n) is 5.95. The zero-order valence-corrected chi connectivity index (χ0v) is 13.2. The van der Waals surface area contributed by atoms with E-state index in [0.717, 1.165) is 11.3 Å². The summed E-state index contributed by atoms with van der Waals surface area (Å²) in [5.41, 5.74) is 2.14. The number of nitrogens with one attached hydrogen (secondary N) is 2. The van der Waals surface area contributed by atoms with E-state index in [-0.39, 0.29) is 18.2 Å². The number of amides is 3. The molecule has 1 atom stereocenters. The summed E-state index contributed by atoms with van der Waals surface area (Å²) < 4.78 is 0. The van der Waals surface area contributed by atoms with Gasteiger partial charge < -0.3 is 10.2 Å². The average Bonchev–Trinajstić information content (AvgIpc) is 2.94. The number of hydrogen-bond acceptors (Lipinski definition) is 6. The van der Waals surface area contributed by atoms with Crippen molar-refractivity contribution in [2.75, 3.05) is 5.32 Å². The van der Waals surface area contributed by atoms with Gasteiger partial charge in [0.25, 0.3) is 5.91 Å². The maximum atomic E-state index is 12.7. The van der Waals surface area contributed by atoms with Crippen LogP contribution in [0.5, 0.6) is 0 Å². The molecule has 2 aromatic rings. The number of rotatable bonds is 3. The zero-order valence-electron chi connectivity index (χ0n) is 13.2. The summed E-state index contributed by atoms with van der Waals surface area (Å²) in [6.07, 6.45) is 3.65. The van der Waals surface area contributed by atoms with Crippen LogP contribution in [0.1, 0.15) is 28.8 Å². The number of carbonyl (C=O) groups is 3. The largest absolute Gasteiger partial charge is 0.340 e. The van der Waals surface area contributed by atoms with Crippen molar-refractivity contribution < 1.29 is 14.4 Å². The van der Waals surface area contributed by atoms with Crippen LogP contribution in [-0.4, -0.2) is 38.6 Å². The van der Waals surface area contributed by atoms with Crippen molar-refractivity contribution >= 4 is 29.2 Å². The van der Waals surface area contributed by atoms with Crippen molar-refractivity contribution in [1.29, 1.82) is 0 Å². The molecule has 1 aromatic heterocycles. The highest BCUT2D eigenvalue weighted by Crippen LogP contribution is 2.33. The third-order valence-electron chi connectivity index (χ3n) is 4.43. The minimum Gasteiger partial charge on any atom is -0.340 e. The van der Waals surface area contributed by atoms with E-state index < -0.39 is 11.9 Å². The first-order valence-electron chi connectivity index (χ1n) is 7.93. The third kappa shape index (κ3) is 2.71. The Hall–Kier alpha value is -3.29. The minimum absolute atomic E-state index is 0.198. The lowest BCUT2D eigenvalue weighted by atomic mass is 10.0. The summed E-state index contributed by atoms with van der Waals surface area (Å²) >= 11 is 0. The number of benzene rings is 1. The topological polar surface area (TPSA) is 104 Å². The van der Waals surface area contributed by atoms with Crippen molar-refractivity contribution in [3.05, 3.63) is 47.9 Å². The second-order valence-corrected chi connectivity index (χ2v) is 5.95. The van der Waals surface area contributed by atoms with E-state index in [1.165, 1.54) is 11.2 Å². The van der Waals surface area contributed by atoms with Gasteiger partial charge in [-0.05, 0) is 24.6 Å². The average molecular weight is 337 g/mol. The highest BCUT2D eigenvalue weighted by molar-refractivity contribution is 6.06. The van der Waals surface area contributed by atoms with Crippen LogP contribution in [0, 0.1) is 0 Å². The molecule has 0 radical (unpaired) electrons. The van der Waals surface area contributed by atoms with Crippen LogP contribution in [0.25, 0.3) is 0 Å². The quantitative estimate of drug-likeness (QED) is 0.809. The number of nitrogens with zero attached hydrogens (tertiary/aromatic N) is 3. The molecule has 2 aliphatic rings. The highest BCUT2D eigenvalue weighted by atomic mass is 16.2. The van der Waals surface area contributed by atoms with Crippen molar-refractivity contribution in [1.82, 2.24) is 20.2 Å². The predicted molar refractivity (Wildman–Crippen MR) is 87.8 cm³/mol. The van der Waals surface area contributed by atoms with Crippen molar-refractivity contribution in [3.8, 4) is 0 Å². The molecule has 0 aliphatic carbocycles. The smallest absolute Gasteiger partial charge is 0.255 e. The van der Waals surface area contributed by atoms with Gasteiger partial charge in [-0.15, -0.1) is 0 Å². The molecule has 0 saturated carbocycles. The number of hydrogen-bond donors (Lipinski definition) is 2. The molecule has 126 valence electrons. The second kappa shape index (κ2) is 5.97. The lowest BCUT2D eigenvalue weighted by Gasteiger charge is -2.29. The number of piperidine rings is 1. The molecule has 0 spiro atoms. The Morgan fingerprint density at radius 2 is 2.08 bits per heavy atom. The number of anilines is 2. The Kier molecular flexibility index (Phi) is 3.64. The molecule has 2 aliphatic heterocycles. The van der Waals surface area contributed by atoms with Gasteiger partial charge in [0.2, 0.25) is 11.8 Å². The Morgan fingerprint density at radius 1 is 1.20 bits per heavy atom. The molecule has 4 rings (SSSR count). The number of aromatic nitrogens is 2. The Labute approximate surface area is 143 Å². The monoisotopic (exact) mass is 337 g/mol. The first-order valence-corrected chi connectivity index (χ1v) is 7.93. The van der Waals surface area contributed by atoms with Crippen LogP contribution in [-0.2, 0) is 16.1 Å². The van der Waals surface area contributed by atoms with Gasteiger partial charge >= 0.3 is 0 Å². The molecule has 1 aromatic carbocycles. The van der Waals surface area contributed by atoms with E-state index in [2.05, 4.69) is 20.6 Å². The van der Waals surface area contributed by atoms with Crippen LogP contribution in [0.2, 0.25) is 0 Å². The first-order chi connectivity index (χ1) is 12.1. The third-order valence-corrected chi connectivity index (χ3v) is 4.43. The Bertz CT molecular complexity index is 868. The zero-order chi connectivity index (χ0) is 17.4. The lowest BCUT2D eigenvalue weighted by molar-refractivity contribution is -0.136. The molecule has 2 N–H and O–H groups in total. The van der Waals surface area contributed by atoms with Crippen molar-refractivity contribution in [2.45, 2.75) is 25.4 Å². The SMILES string of the molecule is O=C1CCC(N2Cc3c(Nc4ccncn4)cccc3C2=O)C(=O)N1. The van der Waals surface area contributed by atoms with Gasteiger partial charge in [0.05, 0.1) is 0 Å². The first kappa shape index (κ1) is 15.3. The fraction of sp³-hybridized carbons (Fsp3) is 0.235. The van der Waals surface area contributed by atoms with E-state index in [1.54, 1.807) is 24.4 Å². The summed E-state index contributed by atoms with van der Waals surface area (Å²) in [7, 11) is 0. The summed E-state index contributed by atoms with van der Waals surface area (Å²) in [6, 6.07) is 6.50. The molecule has 1 fully saturated rings. The molecule has 25 heavy (non-hydrogen) atoms. The summed E-state index contributed by atoms with van der Waals surface area (Å²) in [4.78, 5) is 45.7. The molecule has 3 amide bonds. The fourth-order valence-electron chi connectivity index (χ4n) is 3.21. The predicted octanol–water partition coefficient (Wildman–Crippen LogP) is 0.981. The van der Waals surface area contributed by atoms with Gasteiger partial charge in [-0.2, -0.15) is 0 Å². The van der Waals surface area contributed by atoms with Gasteiger partial charge in [-0.1, -0.05) is 6.07 Å². The fourth-order valence-corrected chi connectivity index (χ4v) is 3.21. The van der Waals surface area contributed by atoms with Crippen LogP contribution in [0.4, 0.5) is 11.5 Å². The van der Waals surface area contributed by atoms with Crippen molar-refractivity contribution in [3.63, 3.8) is 0 Å². The number of carbonyl (C=O) groups excluding carboxylic acids is 3.